The molecule has 41 heavy (non-hydrogen) atoms. The molecule has 0 radical (unpaired) electrons. The molecule has 1 heterocycles. The van der Waals surface area contributed by atoms with Crippen LogP contribution in [0.1, 0.15) is 16.7 Å². The van der Waals surface area contributed by atoms with Crippen molar-refractivity contribution in [1.82, 2.24) is 4.90 Å². The van der Waals surface area contributed by atoms with Gasteiger partial charge >= 0.3 is 0 Å². The number of carbonyl (C=O) groups is 1. The first kappa shape index (κ1) is 28.4. The van der Waals surface area contributed by atoms with E-state index in [0.29, 0.717) is 38.2 Å². The van der Waals surface area contributed by atoms with Crippen LogP contribution in [0.4, 0.5) is 10.1 Å². The van der Waals surface area contributed by atoms with Crippen LogP contribution in [0.2, 0.25) is 0 Å². The van der Waals surface area contributed by atoms with Crippen LogP contribution in [0.25, 0.3) is 6.08 Å². The zero-order valence-electron chi connectivity index (χ0n) is 22.3. The Labute approximate surface area is 250 Å². The molecule has 5 rings (SSSR count). The summed E-state index contributed by atoms with van der Waals surface area (Å²) in [7, 11) is 3.17. The second-order valence-corrected chi connectivity index (χ2v) is 10.9. The number of carbonyl (C=O) groups excluding carboxylic acids is 1. The summed E-state index contributed by atoms with van der Waals surface area (Å²) in [4.78, 5) is 20.7. The molecule has 4 aromatic rings. The first-order valence-corrected chi connectivity index (χ1v) is 14.3. The summed E-state index contributed by atoms with van der Waals surface area (Å²) in [6.07, 6.45) is 1.81. The summed E-state index contributed by atoms with van der Waals surface area (Å²) in [5.74, 6) is 1.24. The first-order chi connectivity index (χ1) is 19.9. The molecular weight excluding hydrogens is 607 g/mol. The van der Waals surface area contributed by atoms with Crippen LogP contribution in [0.15, 0.2) is 105 Å². The zero-order chi connectivity index (χ0) is 28.8. The summed E-state index contributed by atoms with van der Waals surface area (Å²) < 4.78 is 31.1. The average molecular weight is 634 g/mol. The van der Waals surface area contributed by atoms with Gasteiger partial charge in [0.1, 0.15) is 18.2 Å². The van der Waals surface area contributed by atoms with Crippen molar-refractivity contribution in [3.63, 3.8) is 0 Å². The molecule has 0 bridgehead atoms. The Bertz CT molecular complexity index is 1610. The van der Waals surface area contributed by atoms with Gasteiger partial charge in [0, 0.05) is 4.47 Å². The van der Waals surface area contributed by atoms with Crippen molar-refractivity contribution in [1.29, 1.82) is 0 Å². The third-order valence-corrected chi connectivity index (χ3v) is 7.92. The number of benzene rings is 4. The van der Waals surface area contributed by atoms with Crippen molar-refractivity contribution >= 4 is 50.5 Å². The van der Waals surface area contributed by atoms with Gasteiger partial charge in [-0.25, -0.2) is 9.38 Å². The van der Waals surface area contributed by atoms with E-state index >= 15 is 0 Å². The number of thioether (sulfide) groups is 1. The van der Waals surface area contributed by atoms with E-state index < -0.39 is 0 Å². The van der Waals surface area contributed by atoms with Crippen LogP contribution >= 0.6 is 27.7 Å². The largest absolute Gasteiger partial charge is 0.497 e. The molecule has 1 aliphatic heterocycles. The van der Waals surface area contributed by atoms with Gasteiger partial charge in [-0.2, -0.15) is 0 Å². The van der Waals surface area contributed by atoms with Gasteiger partial charge in [0.2, 0.25) is 0 Å². The van der Waals surface area contributed by atoms with Crippen molar-refractivity contribution in [2.45, 2.75) is 13.2 Å². The van der Waals surface area contributed by atoms with Gasteiger partial charge in [-0.15, -0.1) is 0 Å². The minimum Gasteiger partial charge on any atom is -0.497 e. The summed E-state index contributed by atoms with van der Waals surface area (Å²) in [5, 5.41) is 0.585. The molecule has 4 aromatic carbocycles. The highest BCUT2D eigenvalue weighted by molar-refractivity contribution is 9.10. The van der Waals surface area contributed by atoms with Crippen LogP contribution in [0.3, 0.4) is 0 Å². The molecule has 0 spiro atoms. The van der Waals surface area contributed by atoms with Crippen LogP contribution in [0, 0.1) is 5.82 Å². The van der Waals surface area contributed by atoms with Gasteiger partial charge in [0.15, 0.2) is 16.7 Å². The van der Waals surface area contributed by atoms with E-state index in [-0.39, 0.29) is 18.3 Å². The van der Waals surface area contributed by atoms with E-state index in [0.717, 1.165) is 22.6 Å². The highest BCUT2D eigenvalue weighted by atomic mass is 79.9. The molecule has 0 atom stereocenters. The molecule has 0 aliphatic carbocycles. The molecule has 1 amide bonds. The number of halogens is 2. The lowest BCUT2D eigenvalue weighted by Crippen LogP contribution is -2.28. The predicted molar refractivity (Wildman–Crippen MR) is 164 cm³/mol. The fourth-order valence-corrected chi connectivity index (χ4v) is 5.55. The van der Waals surface area contributed by atoms with Crippen LogP contribution < -0.4 is 14.2 Å². The monoisotopic (exact) mass is 632 g/mol. The highest BCUT2D eigenvalue weighted by Gasteiger charge is 2.34. The van der Waals surface area contributed by atoms with E-state index in [1.165, 1.54) is 23.9 Å². The summed E-state index contributed by atoms with van der Waals surface area (Å²) >= 11 is 4.92. The smallest absolute Gasteiger partial charge is 0.267 e. The minimum atomic E-state index is -0.323. The molecule has 0 aromatic heterocycles. The minimum absolute atomic E-state index is 0.155. The summed E-state index contributed by atoms with van der Waals surface area (Å²) in [5.41, 5.74) is 3.14. The van der Waals surface area contributed by atoms with E-state index in [1.54, 1.807) is 43.4 Å². The summed E-state index contributed by atoms with van der Waals surface area (Å²) in [6, 6.07) is 27.0. The molecular formula is C32H26BrFN2O4S. The number of hydrogen-bond donors (Lipinski definition) is 0. The number of methoxy groups -OCH3 is 2. The Balaban J connectivity index is 1.43. The lowest BCUT2D eigenvalue weighted by Gasteiger charge is -2.16. The number of amides is 1. The highest BCUT2D eigenvalue weighted by Crippen LogP contribution is 2.39. The maximum absolute atomic E-state index is 13.7. The SMILES string of the molecule is COc1ccc(CN2C(=O)/C(=C/c3cc(OC)c(OCc4cccc(F)c4)cc3Br)SC2=Nc2ccccc2)cc1. The van der Waals surface area contributed by atoms with Gasteiger partial charge in [-0.1, -0.05) is 58.4 Å². The predicted octanol–water partition coefficient (Wildman–Crippen LogP) is 7.99. The van der Waals surface area contributed by atoms with Crippen molar-refractivity contribution in [3.05, 3.63) is 123 Å². The standard InChI is InChI=1S/C32H26BrFN2O4S/c1-38-26-13-11-21(12-14-26)19-36-31(37)30(41-32(36)35-25-9-4-3-5-10-25)17-23-16-28(39-2)29(18-27(23)33)40-20-22-7-6-8-24(34)15-22/h3-18H,19-20H2,1-2H3/b30-17-,35-32?. The fourth-order valence-electron chi connectivity index (χ4n) is 4.12. The first-order valence-electron chi connectivity index (χ1n) is 12.7. The molecule has 1 fully saturated rings. The molecule has 208 valence electrons. The molecule has 1 saturated heterocycles. The third-order valence-electron chi connectivity index (χ3n) is 6.22. The van der Waals surface area contributed by atoms with Crippen molar-refractivity contribution in [2.75, 3.05) is 14.2 Å². The van der Waals surface area contributed by atoms with Crippen LogP contribution in [0.5, 0.6) is 17.2 Å². The number of amidine groups is 1. The topological polar surface area (TPSA) is 60.4 Å². The quantitative estimate of drug-likeness (QED) is 0.175. The maximum atomic E-state index is 13.7. The van der Waals surface area contributed by atoms with Crippen molar-refractivity contribution < 1.29 is 23.4 Å². The second kappa shape index (κ2) is 13.1. The molecule has 1 aliphatic rings. The third kappa shape index (κ3) is 6.99. The van der Waals surface area contributed by atoms with Crippen molar-refractivity contribution in [2.24, 2.45) is 4.99 Å². The van der Waals surface area contributed by atoms with E-state index in [2.05, 4.69) is 15.9 Å². The van der Waals surface area contributed by atoms with E-state index in [9.17, 15) is 9.18 Å². The molecule has 6 nitrogen and oxygen atoms in total. The summed E-state index contributed by atoms with van der Waals surface area (Å²) in [6.45, 7) is 0.533. The molecule has 0 unspecified atom stereocenters. The van der Waals surface area contributed by atoms with E-state index in [4.69, 9.17) is 19.2 Å². The van der Waals surface area contributed by atoms with Gasteiger partial charge in [-0.3, -0.25) is 9.69 Å². The fraction of sp³-hybridized carbons (Fsp3) is 0.125. The Morgan fingerprint density at radius 1 is 0.902 bits per heavy atom. The zero-order valence-corrected chi connectivity index (χ0v) is 24.7. The molecule has 0 N–H and O–H groups in total. The van der Waals surface area contributed by atoms with Gasteiger partial charge in [0.05, 0.1) is 31.4 Å². The van der Waals surface area contributed by atoms with Gasteiger partial charge in [-0.05, 0) is 83.1 Å². The van der Waals surface area contributed by atoms with Gasteiger partial charge < -0.3 is 14.2 Å². The number of para-hydroxylation sites is 1. The van der Waals surface area contributed by atoms with Gasteiger partial charge in [0.25, 0.3) is 5.91 Å². The number of rotatable bonds is 9. The van der Waals surface area contributed by atoms with Crippen LogP contribution in [-0.2, 0) is 17.9 Å². The Morgan fingerprint density at radius 2 is 1.68 bits per heavy atom. The normalized spacial score (nSPS) is 15.0. The number of ether oxygens (including phenoxy) is 3. The van der Waals surface area contributed by atoms with E-state index in [1.807, 2.05) is 60.7 Å². The lowest BCUT2D eigenvalue weighted by molar-refractivity contribution is -0.122. The Morgan fingerprint density at radius 3 is 2.39 bits per heavy atom. The Hall–Kier alpha value is -4.08. The second-order valence-electron chi connectivity index (χ2n) is 9.02. The maximum Gasteiger partial charge on any atom is 0.267 e. The number of aliphatic imine (C=N–C) groups is 1. The lowest BCUT2D eigenvalue weighted by atomic mass is 10.1. The average Bonchev–Trinajstić information content (AvgIpc) is 3.26. The van der Waals surface area contributed by atoms with Crippen LogP contribution in [-0.4, -0.2) is 30.2 Å². The van der Waals surface area contributed by atoms with Crippen molar-refractivity contribution in [3.8, 4) is 17.2 Å². The number of nitrogens with zero attached hydrogens (tertiary/aromatic N) is 2. The number of hydrogen-bond acceptors (Lipinski definition) is 6. The Kier molecular flexibility index (Phi) is 9.06. The molecule has 9 heteroatoms. The molecule has 0 saturated carbocycles.